The van der Waals surface area contributed by atoms with Gasteiger partial charge in [0.1, 0.15) is 10.0 Å². The molecule has 5 heteroatoms. The fraction of sp³-hybridized carbons (Fsp3) is 0.667. The first-order chi connectivity index (χ1) is 5.36. The standard InChI is InChI=1S/C6H11N3OS/c1-3-5-8-9-6(11-5)4-7-10-2/h7H,3-4H2,1-2H3. The topological polar surface area (TPSA) is 47.0 Å². The average Bonchev–Trinajstić information content (AvgIpc) is 2.48. The predicted molar refractivity (Wildman–Crippen MR) is 43.1 cm³/mol. The van der Waals surface area contributed by atoms with Gasteiger partial charge < -0.3 is 4.84 Å². The Balaban J connectivity index is 2.44. The van der Waals surface area contributed by atoms with Gasteiger partial charge in [0.2, 0.25) is 0 Å². The molecule has 0 radical (unpaired) electrons. The highest BCUT2D eigenvalue weighted by atomic mass is 32.1. The summed E-state index contributed by atoms with van der Waals surface area (Å²) in [6.45, 7) is 2.70. The molecule has 0 saturated carbocycles. The number of nitrogens with zero attached hydrogens (tertiary/aromatic N) is 2. The van der Waals surface area contributed by atoms with E-state index >= 15 is 0 Å². The summed E-state index contributed by atoms with van der Waals surface area (Å²) in [6, 6.07) is 0. The molecule has 1 aromatic rings. The van der Waals surface area contributed by atoms with Crippen molar-refractivity contribution in [2.75, 3.05) is 7.11 Å². The summed E-state index contributed by atoms with van der Waals surface area (Å²) < 4.78 is 0. The summed E-state index contributed by atoms with van der Waals surface area (Å²) in [5.41, 5.74) is 2.71. The summed E-state index contributed by atoms with van der Waals surface area (Å²) in [6.07, 6.45) is 0.949. The minimum Gasteiger partial charge on any atom is -0.305 e. The second-order valence-corrected chi connectivity index (χ2v) is 3.11. The van der Waals surface area contributed by atoms with Crippen LogP contribution in [0.3, 0.4) is 0 Å². The summed E-state index contributed by atoms with van der Waals surface area (Å²) in [7, 11) is 1.59. The van der Waals surface area contributed by atoms with Crippen molar-refractivity contribution in [2.24, 2.45) is 0 Å². The number of rotatable bonds is 4. The molecular weight excluding hydrogens is 162 g/mol. The molecule has 4 nitrogen and oxygen atoms in total. The summed E-state index contributed by atoms with van der Waals surface area (Å²) in [5, 5.41) is 9.94. The van der Waals surface area contributed by atoms with Crippen molar-refractivity contribution in [3.05, 3.63) is 10.0 Å². The van der Waals surface area contributed by atoms with Crippen LogP contribution in [0.2, 0.25) is 0 Å². The highest BCUT2D eigenvalue weighted by molar-refractivity contribution is 7.11. The molecule has 0 atom stereocenters. The average molecular weight is 173 g/mol. The maximum absolute atomic E-state index is 4.68. The smallest absolute Gasteiger partial charge is 0.133 e. The van der Waals surface area contributed by atoms with E-state index in [0.29, 0.717) is 6.54 Å². The molecule has 0 aliphatic rings. The van der Waals surface area contributed by atoms with Gasteiger partial charge in [0, 0.05) is 0 Å². The molecule has 62 valence electrons. The summed E-state index contributed by atoms with van der Waals surface area (Å²) >= 11 is 1.61. The van der Waals surface area contributed by atoms with Crippen molar-refractivity contribution in [1.29, 1.82) is 0 Å². The molecule has 11 heavy (non-hydrogen) atoms. The van der Waals surface area contributed by atoms with Gasteiger partial charge in [-0.25, -0.2) is 0 Å². The Hall–Kier alpha value is -0.520. The fourth-order valence-electron chi connectivity index (χ4n) is 0.637. The van der Waals surface area contributed by atoms with Crippen LogP contribution in [0.4, 0.5) is 0 Å². The number of aryl methyl sites for hydroxylation is 1. The van der Waals surface area contributed by atoms with E-state index in [2.05, 4.69) is 27.4 Å². The summed E-state index contributed by atoms with van der Waals surface area (Å²) in [4.78, 5) is 4.68. The van der Waals surface area contributed by atoms with Crippen molar-refractivity contribution in [1.82, 2.24) is 15.7 Å². The molecule has 0 aliphatic carbocycles. The van der Waals surface area contributed by atoms with Gasteiger partial charge in [-0.05, 0) is 6.42 Å². The van der Waals surface area contributed by atoms with Crippen LogP contribution in [-0.2, 0) is 17.8 Å². The highest BCUT2D eigenvalue weighted by Gasteiger charge is 2.00. The molecular formula is C6H11N3OS. The molecule has 0 fully saturated rings. The first-order valence-electron chi connectivity index (χ1n) is 3.44. The van der Waals surface area contributed by atoms with Crippen molar-refractivity contribution in [3.8, 4) is 0 Å². The Kier molecular flexibility index (Phi) is 3.41. The Labute approximate surface area is 69.6 Å². The van der Waals surface area contributed by atoms with Crippen LogP contribution in [0.15, 0.2) is 0 Å². The molecule has 0 amide bonds. The van der Waals surface area contributed by atoms with Crippen molar-refractivity contribution < 1.29 is 4.84 Å². The zero-order chi connectivity index (χ0) is 8.10. The number of hydroxylamine groups is 1. The quantitative estimate of drug-likeness (QED) is 0.683. The first-order valence-corrected chi connectivity index (χ1v) is 4.25. The predicted octanol–water partition coefficient (Wildman–Crippen LogP) is 0.752. The third-order valence-electron chi connectivity index (χ3n) is 1.18. The van der Waals surface area contributed by atoms with Crippen LogP contribution in [0.5, 0.6) is 0 Å². The largest absolute Gasteiger partial charge is 0.305 e. The Morgan fingerprint density at radius 3 is 2.73 bits per heavy atom. The fourth-order valence-corrected chi connectivity index (χ4v) is 1.35. The van der Waals surface area contributed by atoms with Gasteiger partial charge in [-0.15, -0.1) is 21.5 Å². The lowest BCUT2D eigenvalue weighted by Crippen LogP contribution is -2.10. The number of hydrogen-bond donors (Lipinski definition) is 1. The van der Waals surface area contributed by atoms with Gasteiger partial charge in [-0.2, -0.15) is 5.48 Å². The van der Waals surface area contributed by atoms with E-state index in [9.17, 15) is 0 Å². The summed E-state index contributed by atoms with van der Waals surface area (Å²) in [5.74, 6) is 0. The molecule has 0 aromatic carbocycles. The zero-order valence-electron chi connectivity index (χ0n) is 6.63. The lowest BCUT2D eigenvalue weighted by Gasteiger charge is -1.93. The van der Waals surface area contributed by atoms with Crippen LogP contribution in [0, 0.1) is 0 Å². The molecule has 0 unspecified atom stereocenters. The van der Waals surface area contributed by atoms with Crippen LogP contribution in [0.1, 0.15) is 16.9 Å². The van der Waals surface area contributed by atoms with E-state index in [4.69, 9.17) is 0 Å². The molecule has 1 aromatic heterocycles. The maximum Gasteiger partial charge on any atom is 0.133 e. The second-order valence-electron chi connectivity index (χ2n) is 1.97. The third-order valence-corrected chi connectivity index (χ3v) is 2.25. The monoisotopic (exact) mass is 173 g/mol. The van der Waals surface area contributed by atoms with Crippen molar-refractivity contribution >= 4 is 11.3 Å². The van der Waals surface area contributed by atoms with Crippen LogP contribution in [0.25, 0.3) is 0 Å². The maximum atomic E-state index is 4.68. The Morgan fingerprint density at radius 2 is 2.18 bits per heavy atom. The third kappa shape index (κ3) is 2.53. The van der Waals surface area contributed by atoms with Crippen molar-refractivity contribution in [3.63, 3.8) is 0 Å². The highest BCUT2D eigenvalue weighted by Crippen LogP contribution is 2.08. The van der Waals surface area contributed by atoms with E-state index in [1.165, 1.54) is 0 Å². The van der Waals surface area contributed by atoms with Gasteiger partial charge in [0.15, 0.2) is 0 Å². The molecule has 1 N–H and O–H groups in total. The zero-order valence-corrected chi connectivity index (χ0v) is 7.44. The normalized spacial score (nSPS) is 10.4. The van der Waals surface area contributed by atoms with E-state index < -0.39 is 0 Å². The van der Waals surface area contributed by atoms with Gasteiger partial charge in [0.25, 0.3) is 0 Å². The van der Waals surface area contributed by atoms with E-state index in [0.717, 1.165) is 16.4 Å². The van der Waals surface area contributed by atoms with Gasteiger partial charge >= 0.3 is 0 Å². The number of nitrogens with one attached hydrogen (secondary N) is 1. The number of hydrogen-bond acceptors (Lipinski definition) is 5. The van der Waals surface area contributed by atoms with Crippen LogP contribution >= 0.6 is 11.3 Å². The first kappa shape index (κ1) is 8.58. The van der Waals surface area contributed by atoms with E-state index in [1.54, 1.807) is 18.4 Å². The second kappa shape index (κ2) is 4.38. The molecule has 1 heterocycles. The molecule has 0 spiro atoms. The Bertz CT molecular complexity index is 213. The minimum atomic E-state index is 0.633. The van der Waals surface area contributed by atoms with Crippen molar-refractivity contribution in [2.45, 2.75) is 19.9 Å². The molecule has 0 saturated heterocycles. The van der Waals surface area contributed by atoms with Gasteiger partial charge in [-0.3, -0.25) is 0 Å². The van der Waals surface area contributed by atoms with Gasteiger partial charge in [0.05, 0.1) is 13.7 Å². The van der Waals surface area contributed by atoms with E-state index in [-0.39, 0.29) is 0 Å². The Morgan fingerprint density at radius 1 is 1.45 bits per heavy atom. The van der Waals surface area contributed by atoms with Crippen LogP contribution < -0.4 is 5.48 Å². The number of aromatic nitrogens is 2. The van der Waals surface area contributed by atoms with E-state index in [1.807, 2.05) is 0 Å². The van der Waals surface area contributed by atoms with Crippen LogP contribution in [-0.4, -0.2) is 17.3 Å². The molecule has 0 aliphatic heterocycles. The van der Waals surface area contributed by atoms with Gasteiger partial charge in [-0.1, -0.05) is 6.92 Å². The lowest BCUT2D eigenvalue weighted by atomic mass is 10.5. The molecule has 0 bridgehead atoms. The minimum absolute atomic E-state index is 0.633. The SMILES string of the molecule is CCc1nnc(CNOC)s1. The lowest BCUT2D eigenvalue weighted by molar-refractivity contribution is 0.0865. The molecule has 1 rings (SSSR count).